The van der Waals surface area contributed by atoms with Crippen LogP contribution in [0, 0.1) is 0 Å². The molecule has 1 aliphatic rings. The highest BCUT2D eigenvalue weighted by Gasteiger charge is 2.28. The zero-order valence-corrected chi connectivity index (χ0v) is 13.7. The third kappa shape index (κ3) is 3.45. The number of halogens is 3. The van der Waals surface area contributed by atoms with E-state index >= 15 is 0 Å². The van der Waals surface area contributed by atoms with Crippen LogP contribution in [0.2, 0.25) is 15.2 Å². The van der Waals surface area contributed by atoms with Gasteiger partial charge in [0.15, 0.2) is 0 Å². The van der Waals surface area contributed by atoms with Crippen molar-refractivity contribution in [1.82, 2.24) is 4.98 Å². The van der Waals surface area contributed by atoms with E-state index < -0.39 is 0 Å². The Hall–Kier alpha value is -0.960. The number of nitrogens with zero attached hydrogens (tertiary/aromatic N) is 1. The van der Waals surface area contributed by atoms with Crippen LogP contribution in [0.3, 0.4) is 0 Å². The Bertz CT molecular complexity index is 671. The Morgan fingerprint density at radius 1 is 1.19 bits per heavy atom. The van der Waals surface area contributed by atoms with Crippen LogP contribution in [0.25, 0.3) is 0 Å². The summed E-state index contributed by atoms with van der Waals surface area (Å²) in [6, 6.07) is 7.19. The minimum atomic E-state index is -0.189. The highest BCUT2D eigenvalue weighted by atomic mass is 35.5. The molecule has 0 radical (unpaired) electrons. The summed E-state index contributed by atoms with van der Waals surface area (Å²) in [6.07, 6.45) is 3.97. The summed E-state index contributed by atoms with van der Waals surface area (Å²) in [5, 5.41) is 1.65. The molecule has 21 heavy (non-hydrogen) atoms. The van der Waals surface area contributed by atoms with Gasteiger partial charge in [-0.1, -0.05) is 40.9 Å². The number of aromatic nitrogens is 1. The molecule has 2 nitrogen and oxygen atoms in total. The molecule has 1 aliphatic carbocycles. The zero-order valence-electron chi connectivity index (χ0n) is 11.4. The fourth-order valence-electron chi connectivity index (χ4n) is 2.31. The van der Waals surface area contributed by atoms with E-state index in [-0.39, 0.29) is 6.10 Å². The number of rotatable bonds is 4. The standard InChI is InChI=1S/C16H14Cl3NO/c1-9(12-5-4-11(17)6-14(12)18)21-15-7-16(19)20-8-13(15)10-2-3-10/h4-10H,2-3H2,1H3/t9-/m1/s1. The van der Waals surface area contributed by atoms with Crippen LogP contribution in [0.15, 0.2) is 30.5 Å². The first kappa shape index (κ1) is 15.0. The molecule has 0 bridgehead atoms. The van der Waals surface area contributed by atoms with Gasteiger partial charge in [0.2, 0.25) is 0 Å². The smallest absolute Gasteiger partial charge is 0.132 e. The predicted molar refractivity (Wildman–Crippen MR) is 86.7 cm³/mol. The van der Waals surface area contributed by atoms with Crippen molar-refractivity contribution in [3.8, 4) is 5.75 Å². The molecule has 1 aromatic carbocycles. The van der Waals surface area contributed by atoms with Crippen molar-refractivity contribution in [2.45, 2.75) is 31.8 Å². The van der Waals surface area contributed by atoms with Crippen molar-refractivity contribution in [3.05, 3.63) is 56.8 Å². The number of pyridine rings is 1. The number of benzene rings is 1. The molecule has 0 spiro atoms. The van der Waals surface area contributed by atoms with Gasteiger partial charge < -0.3 is 4.74 Å². The first-order valence-corrected chi connectivity index (χ1v) is 7.95. The van der Waals surface area contributed by atoms with Crippen molar-refractivity contribution in [2.24, 2.45) is 0 Å². The fourth-order valence-corrected chi connectivity index (χ4v) is 3.02. The normalized spacial score (nSPS) is 15.8. The van der Waals surface area contributed by atoms with Gasteiger partial charge >= 0.3 is 0 Å². The molecule has 2 aromatic rings. The van der Waals surface area contributed by atoms with E-state index in [1.165, 1.54) is 12.8 Å². The Kier molecular flexibility index (Phi) is 4.30. The number of hydrogen-bond acceptors (Lipinski definition) is 2. The van der Waals surface area contributed by atoms with Crippen LogP contribution in [0.4, 0.5) is 0 Å². The van der Waals surface area contributed by atoms with E-state index in [4.69, 9.17) is 39.5 Å². The zero-order chi connectivity index (χ0) is 15.0. The Labute approximate surface area is 139 Å². The summed E-state index contributed by atoms with van der Waals surface area (Å²) in [7, 11) is 0. The highest BCUT2D eigenvalue weighted by molar-refractivity contribution is 6.35. The molecule has 1 heterocycles. The Morgan fingerprint density at radius 2 is 1.95 bits per heavy atom. The van der Waals surface area contributed by atoms with Gasteiger partial charge in [-0.25, -0.2) is 4.98 Å². The van der Waals surface area contributed by atoms with E-state index in [1.54, 1.807) is 12.1 Å². The summed E-state index contributed by atoms with van der Waals surface area (Å²) in [6.45, 7) is 1.96. The largest absolute Gasteiger partial charge is 0.486 e. The van der Waals surface area contributed by atoms with Crippen molar-refractivity contribution < 1.29 is 4.74 Å². The van der Waals surface area contributed by atoms with Gasteiger partial charge in [-0.2, -0.15) is 0 Å². The van der Waals surface area contributed by atoms with E-state index in [1.807, 2.05) is 25.3 Å². The molecule has 1 atom stereocenters. The van der Waals surface area contributed by atoms with E-state index in [9.17, 15) is 0 Å². The van der Waals surface area contributed by atoms with Crippen LogP contribution in [-0.4, -0.2) is 4.98 Å². The van der Waals surface area contributed by atoms with Gasteiger partial charge in [0, 0.05) is 33.4 Å². The lowest BCUT2D eigenvalue weighted by Crippen LogP contribution is -2.06. The summed E-state index contributed by atoms with van der Waals surface area (Å²) >= 11 is 18.1. The maximum absolute atomic E-state index is 6.23. The lowest BCUT2D eigenvalue weighted by Gasteiger charge is -2.19. The Balaban J connectivity index is 1.87. The fraction of sp³-hybridized carbons (Fsp3) is 0.312. The SMILES string of the molecule is C[C@@H](Oc1cc(Cl)ncc1C1CC1)c1ccc(Cl)cc1Cl. The first-order valence-electron chi connectivity index (χ1n) is 6.81. The van der Waals surface area contributed by atoms with Crippen LogP contribution in [-0.2, 0) is 0 Å². The van der Waals surface area contributed by atoms with Gasteiger partial charge in [0.25, 0.3) is 0 Å². The Morgan fingerprint density at radius 3 is 2.62 bits per heavy atom. The highest BCUT2D eigenvalue weighted by Crippen LogP contribution is 2.45. The molecule has 0 N–H and O–H groups in total. The molecular formula is C16H14Cl3NO. The van der Waals surface area contributed by atoms with Crippen molar-refractivity contribution in [1.29, 1.82) is 0 Å². The molecule has 0 unspecified atom stereocenters. The second-order valence-corrected chi connectivity index (χ2v) is 6.48. The van der Waals surface area contributed by atoms with Crippen molar-refractivity contribution >= 4 is 34.8 Å². The first-order chi connectivity index (χ1) is 10.0. The van der Waals surface area contributed by atoms with Crippen molar-refractivity contribution in [3.63, 3.8) is 0 Å². The molecule has 110 valence electrons. The number of ether oxygens (including phenoxy) is 1. The molecule has 0 aliphatic heterocycles. The van der Waals surface area contributed by atoms with E-state index in [0.29, 0.717) is 21.1 Å². The maximum Gasteiger partial charge on any atom is 0.132 e. The maximum atomic E-state index is 6.23. The monoisotopic (exact) mass is 341 g/mol. The van der Waals surface area contributed by atoms with E-state index in [0.717, 1.165) is 16.9 Å². The topological polar surface area (TPSA) is 22.1 Å². The van der Waals surface area contributed by atoms with Gasteiger partial charge in [0.1, 0.15) is 17.0 Å². The minimum Gasteiger partial charge on any atom is -0.486 e. The summed E-state index contributed by atoms with van der Waals surface area (Å²) < 4.78 is 6.08. The summed E-state index contributed by atoms with van der Waals surface area (Å²) in [4.78, 5) is 4.15. The third-order valence-electron chi connectivity index (χ3n) is 3.58. The van der Waals surface area contributed by atoms with Crippen LogP contribution >= 0.6 is 34.8 Å². The second kappa shape index (κ2) is 6.04. The van der Waals surface area contributed by atoms with Gasteiger partial charge in [-0.3, -0.25) is 0 Å². The number of hydrogen-bond donors (Lipinski definition) is 0. The average Bonchev–Trinajstić information content (AvgIpc) is 3.23. The molecular weight excluding hydrogens is 329 g/mol. The lowest BCUT2D eigenvalue weighted by molar-refractivity contribution is 0.224. The van der Waals surface area contributed by atoms with Gasteiger partial charge in [-0.05, 0) is 37.8 Å². The lowest BCUT2D eigenvalue weighted by atomic mass is 10.1. The molecule has 5 heteroatoms. The van der Waals surface area contributed by atoms with Crippen molar-refractivity contribution in [2.75, 3.05) is 0 Å². The quantitative estimate of drug-likeness (QED) is 0.630. The third-order valence-corrected chi connectivity index (χ3v) is 4.35. The minimum absolute atomic E-state index is 0.189. The van der Waals surface area contributed by atoms with Gasteiger partial charge in [0.05, 0.1) is 0 Å². The van der Waals surface area contributed by atoms with Gasteiger partial charge in [-0.15, -0.1) is 0 Å². The summed E-state index contributed by atoms with van der Waals surface area (Å²) in [5.74, 6) is 1.33. The molecule has 1 saturated carbocycles. The molecule has 1 aromatic heterocycles. The van der Waals surface area contributed by atoms with E-state index in [2.05, 4.69) is 4.98 Å². The molecule has 3 rings (SSSR count). The second-order valence-electron chi connectivity index (χ2n) is 5.25. The van der Waals surface area contributed by atoms with Crippen LogP contribution < -0.4 is 4.74 Å². The van der Waals surface area contributed by atoms with Crippen LogP contribution in [0.5, 0.6) is 5.75 Å². The molecule has 0 amide bonds. The molecule has 0 saturated heterocycles. The molecule has 1 fully saturated rings. The van der Waals surface area contributed by atoms with Crippen LogP contribution in [0.1, 0.15) is 42.9 Å². The summed E-state index contributed by atoms with van der Waals surface area (Å²) in [5.41, 5.74) is 2.02. The average molecular weight is 343 g/mol. The predicted octanol–water partition coefficient (Wildman–Crippen LogP) is 6.06.